The summed E-state index contributed by atoms with van der Waals surface area (Å²) in [5.41, 5.74) is 5.18. The van der Waals surface area contributed by atoms with Crippen LogP contribution in [0, 0.1) is 11.3 Å². The number of nitrogens with two attached hydrogens (primary N) is 1. The van der Waals surface area contributed by atoms with Crippen molar-refractivity contribution in [1.29, 1.82) is 0 Å². The number of amides is 3. The van der Waals surface area contributed by atoms with Crippen molar-refractivity contribution in [2.24, 2.45) is 17.1 Å². The van der Waals surface area contributed by atoms with Gasteiger partial charge < -0.3 is 11.1 Å². The van der Waals surface area contributed by atoms with Gasteiger partial charge in [-0.05, 0) is 24.2 Å². The minimum atomic E-state index is -0.799. The molecule has 15 heavy (non-hydrogen) atoms. The minimum absolute atomic E-state index is 0.150. The van der Waals surface area contributed by atoms with Crippen LogP contribution < -0.4 is 16.4 Å². The molecular weight excluding hydrogens is 194 g/mol. The molecule has 0 spiro atoms. The summed E-state index contributed by atoms with van der Waals surface area (Å²) in [6.45, 7) is 5.37. The van der Waals surface area contributed by atoms with Crippen LogP contribution >= 0.6 is 0 Å². The summed E-state index contributed by atoms with van der Waals surface area (Å²) >= 11 is 0. The molecule has 1 aliphatic rings. The normalized spacial score (nSPS) is 17.5. The van der Waals surface area contributed by atoms with E-state index in [2.05, 4.69) is 19.2 Å². The molecule has 0 radical (unpaired) electrons. The number of hydrogen-bond donors (Lipinski definition) is 3. The van der Waals surface area contributed by atoms with Crippen LogP contribution in [0.2, 0.25) is 0 Å². The third-order valence-corrected chi connectivity index (χ3v) is 3.14. The highest BCUT2D eigenvalue weighted by molar-refractivity contribution is 5.94. The van der Waals surface area contributed by atoms with Gasteiger partial charge in [0.1, 0.15) is 0 Å². The molecule has 0 bridgehead atoms. The Bertz CT molecular complexity index is 259. The predicted molar refractivity (Wildman–Crippen MR) is 57.1 cm³/mol. The molecule has 0 aromatic carbocycles. The van der Waals surface area contributed by atoms with Gasteiger partial charge in [0.15, 0.2) is 0 Å². The van der Waals surface area contributed by atoms with Crippen LogP contribution in [0.5, 0.6) is 0 Å². The molecule has 0 aromatic heterocycles. The maximum absolute atomic E-state index is 11.1. The summed E-state index contributed by atoms with van der Waals surface area (Å²) in [6.07, 6.45) is 2.43. The quantitative estimate of drug-likeness (QED) is 0.610. The molecule has 4 N–H and O–H groups in total. The molecule has 1 fully saturated rings. The molecule has 1 rings (SSSR count). The van der Waals surface area contributed by atoms with Gasteiger partial charge in [-0.15, -0.1) is 0 Å². The first-order chi connectivity index (χ1) is 6.96. The Balaban J connectivity index is 2.16. The Morgan fingerprint density at radius 1 is 1.40 bits per heavy atom. The molecular formula is C10H19N3O2. The van der Waals surface area contributed by atoms with E-state index >= 15 is 0 Å². The fourth-order valence-corrected chi connectivity index (χ4v) is 1.73. The van der Waals surface area contributed by atoms with Crippen LogP contribution in [0.4, 0.5) is 4.79 Å². The zero-order chi connectivity index (χ0) is 11.5. The van der Waals surface area contributed by atoms with Crippen LogP contribution in [0.3, 0.4) is 0 Å². The van der Waals surface area contributed by atoms with Gasteiger partial charge in [-0.3, -0.25) is 10.1 Å². The SMILES string of the molecule is CC(C)C1(CNCC(=O)NC(N)=O)CC1. The lowest BCUT2D eigenvalue weighted by Crippen LogP contribution is -2.42. The van der Waals surface area contributed by atoms with E-state index in [1.807, 2.05) is 5.32 Å². The fraction of sp³-hybridized carbons (Fsp3) is 0.800. The second kappa shape index (κ2) is 4.61. The van der Waals surface area contributed by atoms with Crippen LogP contribution in [0.1, 0.15) is 26.7 Å². The number of carbonyl (C=O) groups excluding carboxylic acids is 2. The summed E-state index contributed by atoms with van der Waals surface area (Å²) in [4.78, 5) is 21.4. The number of hydrogen-bond acceptors (Lipinski definition) is 3. The topological polar surface area (TPSA) is 84.2 Å². The lowest BCUT2D eigenvalue weighted by molar-refractivity contribution is -0.119. The third-order valence-electron chi connectivity index (χ3n) is 3.14. The van der Waals surface area contributed by atoms with Crippen LogP contribution in [0.25, 0.3) is 0 Å². The summed E-state index contributed by atoms with van der Waals surface area (Å²) in [5, 5.41) is 5.07. The van der Waals surface area contributed by atoms with Crippen molar-refractivity contribution in [2.75, 3.05) is 13.1 Å². The van der Waals surface area contributed by atoms with Gasteiger partial charge in [-0.25, -0.2) is 4.79 Å². The Morgan fingerprint density at radius 2 is 2.00 bits per heavy atom. The number of nitrogens with one attached hydrogen (secondary N) is 2. The van der Waals surface area contributed by atoms with Crippen molar-refractivity contribution < 1.29 is 9.59 Å². The van der Waals surface area contributed by atoms with Gasteiger partial charge in [0, 0.05) is 6.54 Å². The van der Waals surface area contributed by atoms with E-state index in [4.69, 9.17) is 5.73 Å². The van der Waals surface area contributed by atoms with Crippen LogP contribution in [-0.2, 0) is 4.79 Å². The van der Waals surface area contributed by atoms with Crippen molar-refractivity contribution in [3.8, 4) is 0 Å². The minimum Gasteiger partial charge on any atom is -0.351 e. The van der Waals surface area contributed by atoms with Gasteiger partial charge in [0.2, 0.25) is 5.91 Å². The zero-order valence-electron chi connectivity index (χ0n) is 9.30. The lowest BCUT2D eigenvalue weighted by atomic mass is 9.92. The molecule has 1 aliphatic carbocycles. The molecule has 0 atom stereocenters. The molecule has 0 heterocycles. The van der Waals surface area contributed by atoms with Gasteiger partial charge in [0.05, 0.1) is 6.54 Å². The van der Waals surface area contributed by atoms with E-state index in [1.165, 1.54) is 12.8 Å². The smallest absolute Gasteiger partial charge is 0.318 e. The number of imide groups is 1. The summed E-state index contributed by atoms with van der Waals surface area (Å²) in [6, 6.07) is -0.799. The number of carbonyl (C=O) groups is 2. The van der Waals surface area contributed by atoms with E-state index in [9.17, 15) is 9.59 Å². The molecule has 1 saturated carbocycles. The molecule has 0 aromatic rings. The van der Waals surface area contributed by atoms with Crippen LogP contribution in [0.15, 0.2) is 0 Å². The van der Waals surface area contributed by atoms with E-state index in [1.54, 1.807) is 0 Å². The predicted octanol–water partition coefficient (Wildman–Crippen LogP) is 0.207. The highest BCUT2D eigenvalue weighted by atomic mass is 16.2. The van der Waals surface area contributed by atoms with Gasteiger partial charge in [-0.1, -0.05) is 13.8 Å². The fourth-order valence-electron chi connectivity index (χ4n) is 1.73. The molecule has 0 saturated heterocycles. The average Bonchev–Trinajstić information content (AvgIpc) is 2.83. The van der Waals surface area contributed by atoms with Crippen molar-refractivity contribution in [2.45, 2.75) is 26.7 Å². The number of rotatable bonds is 5. The summed E-state index contributed by atoms with van der Waals surface area (Å²) < 4.78 is 0. The molecule has 0 unspecified atom stereocenters. The van der Waals surface area contributed by atoms with Crippen molar-refractivity contribution >= 4 is 11.9 Å². The lowest BCUT2D eigenvalue weighted by Gasteiger charge is -2.19. The van der Waals surface area contributed by atoms with Crippen molar-refractivity contribution in [3.63, 3.8) is 0 Å². The number of primary amides is 1. The standard InChI is InChI=1S/C10H19N3O2/c1-7(2)10(3-4-10)6-12-5-8(14)13-9(11)15/h7,12H,3-6H2,1-2H3,(H3,11,13,14,15). The van der Waals surface area contributed by atoms with Crippen molar-refractivity contribution in [1.82, 2.24) is 10.6 Å². The zero-order valence-corrected chi connectivity index (χ0v) is 9.30. The second-order valence-electron chi connectivity index (χ2n) is 4.53. The van der Waals surface area contributed by atoms with Gasteiger partial charge in [-0.2, -0.15) is 0 Å². The Kier molecular flexibility index (Phi) is 3.68. The van der Waals surface area contributed by atoms with E-state index in [0.29, 0.717) is 11.3 Å². The molecule has 5 heteroatoms. The molecule has 5 nitrogen and oxygen atoms in total. The summed E-state index contributed by atoms with van der Waals surface area (Å²) in [7, 11) is 0. The first-order valence-electron chi connectivity index (χ1n) is 5.26. The third kappa shape index (κ3) is 3.51. The number of urea groups is 1. The Labute approximate surface area is 89.8 Å². The van der Waals surface area contributed by atoms with Crippen molar-refractivity contribution in [3.05, 3.63) is 0 Å². The van der Waals surface area contributed by atoms with E-state index in [0.717, 1.165) is 6.54 Å². The first-order valence-corrected chi connectivity index (χ1v) is 5.26. The first kappa shape index (κ1) is 12.0. The molecule has 86 valence electrons. The maximum atomic E-state index is 11.1. The Morgan fingerprint density at radius 3 is 2.40 bits per heavy atom. The molecule has 0 aliphatic heterocycles. The highest BCUT2D eigenvalue weighted by Gasteiger charge is 2.44. The van der Waals surface area contributed by atoms with Gasteiger partial charge in [0.25, 0.3) is 0 Å². The average molecular weight is 213 g/mol. The van der Waals surface area contributed by atoms with Gasteiger partial charge >= 0.3 is 6.03 Å². The van der Waals surface area contributed by atoms with Crippen LogP contribution in [-0.4, -0.2) is 25.0 Å². The molecule has 3 amide bonds. The highest BCUT2D eigenvalue weighted by Crippen LogP contribution is 2.51. The largest absolute Gasteiger partial charge is 0.351 e. The Hall–Kier alpha value is -1.10. The van der Waals surface area contributed by atoms with E-state index < -0.39 is 6.03 Å². The maximum Gasteiger partial charge on any atom is 0.318 e. The van der Waals surface area contributed by atoms with E-state index in [-0.39, 0.29) is 12.5 Å². The second-order valence-corrected chi connectivity index (χ2v) is 4.53. The summed E-state index contributed by atoms with van der Waals surface area (Å²) in [5.74, 6) is 0.256. The monoisotopic (exact) mass is 213 g/mol.